The Morgan fingerprint density at radius 3 is 1.53 bits per heavy atom. The molecule has 1 aliphatic heterocycles. The lowest BCUT2D eigenvalue weighted by atomic mass is 9.99. The molecule has 1 amide bonds. The van der Waals surface area contributed by atoms with E-state index in [1.54, 1.807) is 6.08 Å². The zero-order valence-electron chi connectivity index (χ0n) is 38.5. The van der Waals surface area contributed by atoms with Crippen molar-refractivity contribution in [1.82, 2.24) is 5.32 Å². The first-order chi connectivity index (χ1) is 29.3. The van der Waals surface area contributed by atoms with Crippen molar-refractivity contribution >= 4 is 5.91 Å². The molecule has 350 valence electrons. The Hall–Kier alpha value is -1.85. The molecular formula is C51H93NO8. The summed E-state index contributed by atoms with van der Waals surface area (Å²) in [6.45, 7) is 3.72. The first kappa shape index (κ1) is 56.2. The maximum atomic E-state index is 13.0. The van der Waals surface area contributed by atoms with E-state index in [-0.39, 0.29) is 12.5 Å². The fraction of sp³-hybridized carbons (Fsp3) is 0.824. The van der Waals surface area contributed by atoms with Crippen LogP contribution in [0.2, 0.25) is 0 Å². The Kier molecular flexibility index (Phi) is 38.5. The predicted octanol–water partition coefficient (Wildman–Crippen LogP) is 11.0. The van der Waals surface area contributed by atoms with Crippen molar-refractivity contribution in [2.24, 2.45) is 0 Å². The fourth-order valence-corrected chi connectivity index (χ4v) is 7.63. The summed E-state index contributed by atoms with van der Waals surface area (Å²) in [6.07, 6.45) is 45.9. The van der Waals surface area contributed by atoms with Gasteiger partial charge in [-0.25, -0.2) is 0 Å². The highest BCUT2D eigenvalue weighted by Gasteiger charge is 2.44. The quantitative estimate of drug-likeness (QED) is 0.0202. The van der Waals surface area contributed by atoms with E-state index in [0.717, 1.165) is 64.2 Å². The summed E-state index contributed by atoms with van der Waals surface area (Å²) in [7, 11) is 0. The highest BCUT2D eigenvalue weighted by atomic mass is 16.7. The van der Waals surface area contributed by atoms with Crippen molar-refractivity contribution in [3.05, 3.63) is 48.6 Å². The summed E-state index contributed by atoms with van der Waals surface area (Å²) < 4.78 is 11.2. The number of carbonyl (C=O) groups excluding carboxylic acids is 1. The maximum Gasteiger partial charge on any atom is 0.220 e. The average molecular weight is 848 g/mol. The molecule has 9 nitrogen and oxygen atoms in total. The van der Waals surface area contributed by atoms with Crippen LogP contribution in [-0.2, 0) is 14.3 Å². The van der Waals surface area contributed by atoms with E-state index in [1.165, 1.54) is 128 Å². The number of hydrogen-bond donors (Lipinski definition) is 6. The van der Waals surface area contributed by atoms with Gasteiger partial charge in [-0.3, -0.25) is 4.79 Å². The van der Waals surface area contributed by atoms with Gasteiger partial charge in [0, 0.05) is 6.42 Å². The number of nitrogens with one attached hydrogen (secondary N) is 1. The third kappa shape index (κ3) is 31.1. The first-order valence-corrected chi connectivity index (χ1v) is 24.9. The second-order valence-electron chi connectivity index (χ2n) is 17.3. The molecule has 7 atom stereocenters. The molecule has 0 aromatic heterocycles. The number of hydrogen-bond acceptors (Lipinski definition) is 8. The van der Waals surface area contributed by atoms with Gasteiger partial charge in [0.25, 0.3) is 0 Å². The summed E-state index contributed by atoms with van der Waals surface area (Å²) in [5.74, 6) is -0.199. The van der Waals surface area contributed by atoms with E-state index in [0.29, 0.717) is 6.42 Å². The third-order valence-electron chi connectivity index (χ3n) is 11.7. The van der Waals surface area contributed by atoms with E-state index in [2.05, 4.69) is 55.6 Å². The van der Waals surface area contributed by atoms with Crippen LogP contribution in [0.3, 0.4) is 0 Å². The summed E-state index contributed by atoms with van der Waals surface area (Å²) in [5, 5.41) is 54.2. The minimum atomic E-state index is -1.57. The normalized spacial score (nSPS) is 20.9. The summed E-state index contributed by atoms with van der Waals surface area (Å²) in [6, 6.07) is -0.828. The molecule has 0 saturated carbocycles. The topological polar surface area (TPSA) is 149 Å². The minimum absolute atomic E-state index is 0.199. The van der Waals surface area contributed by atoms with Gasteiger partial charge in [0.05, 0.1) is 25.4 Å². The molecule has 1 heterocycles. The van der Waals surface area contributed by atoms with E-state index in [9.17, 15) is 30.3 Å². The monoisotopic (exact) mass is 848 g/mol. The number of aliphatic hydroxyl groups excluding tert-OH is 5. The van der Waals surface area contributed by atoms with E-state index in [4.69, 9.17) is 9.47 Å². The van der Waals surface area contributed by atoms with Gasteiger partial charge >= 0.3 is 0 Å². The van der Waals surface area contributed by atoms with Crippen LogP contribution in [-0.4, -0.2) is 87.5 Å². The minimum Gasteiger partial charge on any atom is -0.394 e. The number of carbonyl (C=O) groups is 1. The molecule has 7 unspecified atom stereocenters. The fourth-order valence-electron chi connectivity index (χ4n) is 7.63. The van der Waals surface area contributed by atoms with Gasteiger partial charge in [0.2, 0.25) is 5.91 Å². The van der Waals surface area contributed by atoms with Gasteiger partial charge in [0.1, 0.15) is 24.4 Å². The lowest BCUT2D eigenvalue weighted by molar-refractivity contribution is -0.302. The molecular weight excluding hydrogens is 755 g/mol. The Balaban J connectivity index is 2.34. The van der Waals surface area contributed by atoms with Crippen molar-refractivity contribution in [2.75, 3.05) is 13.2 Å². The average Bonchev–Trinajstić information content (AvgIpc) is 3.25. The van der Waals surface area contributed by atoms with Gasteiger partial charge in [-0.05, 0) is 57.8 Å². The lowest BCUT2D eigenvalue weighted by Gasteiger charge is -2.40. The molecule has 1 fully saturated rings. The largest absolute Gasteiger partial charge is 0.394 e. The molecule has 0 bridgehead atoms. The van der Waals surface area contributed by atoms with Crippen LogP contribution in [0.15, 0.2) is 48.6 Å². The standard InChI is InChI=1S/C51H93NO8/c1-3-5-7-9-11-13-15-17-19-20-21-22-23-24-25-27-28-30-32-34-36-38-40-45(54)44(43-59-51-50(58)49(57)48(56)46(42-53)60-51)52-47(55)41-39-37-35-33-31-29-26-18-16-14-12-10-8-6-4-2/h12,14,16,18,30,32,38,40,44-46,48-51,53-54,56-58H,3-11,13,15,17,19-29,31,33-37,39,41-43H2,1-2H3,(H,52,55)/b14-12-,18-16-,32-30+,40-38+. The van der Waals surface area contributed by atoms with Gasteiger partial charge in [-0.1, -0.05) is 197 Å². The van der Waals surface area contributed by atoms with Crippen LogP contribution in [0.1, 0.15) is 213 Å². The molecule has 0 aliphatic carbocycles. The SMILES string of the molecule is CCCCC/C=C\C=C/CCCCCCCCC(=O)NC(COC1OC(CO)C(O)C(O)C1O)C(O)/C=C/CC/C=C/CCCCCCCCCCCCCCCCCC. The van der Waals surface area contributed by atoms with Crippen molar-refractivity contribution in [2.45, 2.75) is 256 Å². The summed E-state index contributed by atoms with van der Waals surface area (Å²) in [5.41, 5.74) is 0. The molecule has 0 spiro atoms. The number of amides is 1. The Labute approximate surface area is 367 Å². The van der Waals surface area contributed by atoms with Gasteiger partial charge < -0.3 is 40.3 Å². The van der Waals surface area contributed by atoms with Crippen LogP contribution in [0.5, 0.6) is 0 Å². The molecule has 0 aromatic rings. The zero-order chi connectivity index (χ0) is 43.7. The predicted molar refractivity (Wildman–Crippen MR) is 249 cm³/mol. The molecule has 0 radical (unpaired) electrons. The number of rotatable bonds is 41. The van der Waals surface area contributed by atoms with Crippen molar-refractivity contribution in [3.63, 3.8) is 0 Å². The zero-order valence-corrected chi connectivity index (χ0v) is 38.5. The van der Waals surface area contributed by atoms with Gasteiger partial charge in [-0.2, -0.15) is 0 Å². The Morgan fingerprint density at radius 1 is 0.567 bits per heavy atom. The second kappa shape index (κ2) is 41.2. The first-order valence-electron chi connectivity index (χ1n) is 24.9. The Bertz CT molecular complexity index is 1080. The molecule has 1 aliphatic rings. The molecule has 60 heavy (non-hydrogen) atoms. The molecule has 1 saturated heterocycles. The van der Waals surface area contributed by atoms with E-state index < -0.39 is 49.5 Å². The second-order valence-corrected chi connectivity index (χ2v) is 17.3. The van der Waals surface area contributed by atoms with Crippen LogP contribution in [0.4, 0.5) is 0 Å². The number of ether oxygens (including phenoxy) is 2. The van der Waals surface area contributed by atoms with Crippen molar-refractivity contribution in [1.29, 1.82) is 0 Å². The van der Waals surface area contributed by atoms with E-state index in [1.807, 2.05) is 6.08 Å². The van der Waals surface area contributed by atoms with Gasteiger partial charge in [0.15, 0.2) is 6.29 Å². The summed E-state index contributed by atoms with van der Waals surface area (Å²) in [4.78, 5) is 13.0. The van der Waals surface area contributed by atoms with Crippen LogP contribution in [0, 0.1) is 0 Å². The molecule has 6 N–H and O–H groups in total. The lowest BCUT2D eigenvalue weighted by Crippen LogP contribution is -2.60. The number of allylic oxidation sites excluding steroid dienone is 7. The number of aliphatic hydroxyl groups is 5. The van der Waals surface area contributed by atoms with Crippen LogP contribution < -0.4 is 5.32 Å². The number of unbranched alkanes of at least 4 members (excludes halogenated alkanes) is 26. The van der Waals surface area contributed by atoms with Crippen LogP contribution in [0.25, 0.3) is 0 Å². The smallest absolute Gasteiger partial charge is 0.220 e. The highest BCUT2D eigenvalue weighted by molar-refractivity contribution is 5.76. The maximum absolute atomic E-state index is 13.0. The molecule has 9 heteroatoms. The van der Waals surface area contributed by atoms with Gasteiger partial charge in [-0.15, -0.1) is 0 Å². The van der Waals surface area contributed by atoms with Crippen molar-refractivity contribution < 1.29 is 39.8 Å². The molecule has 0 aromatic carbocycles. The molecule has 1 rings (SSSR count). The Morgan fingerprint density at radius 2 is 1.00 bits per heavy atom. The third-order valence-corrected chi connectivity index (χ3v) is 11.7. The van der Waals surface area contributed by atoms with Crippen molar-refractivity contribution in [3.8, 4) is 0 Å². The highest BCUT2D eigenvalue weighted by Crippen LogP contribution is 2.22. The van der Waals surface area contributed by atoms with E-state index >= 15 is 0 Å². The summed E-state index contributed by atoms with van der Waals surface area (Å²) >= 11 is 0. The van der Waals surface area contributed by atoms with Crippen LogP contribution >= 0.6 is 0 Å².